The summed E-state index contributed by atoms with van der Waals surface area (Å²) in [5, 5.41) is 0. The summed E-state index contributed by atoms with van der Waals surface area (Å²) in [6.45, 7) is 10.0. The van der Waals surface area contributed by atoms with Crippen LogP contribution in [0.25, 0.3) is 0 Å². The second kappa shape index (κ2) is 6.99. The van der Waals surface area contributed by atoms with Gasteiger partial charge in [-0.25, -0.2) is 0 Å². The van der Waals surface area contributed by atoms with E-state index in [9.17, 15) is 4.79 Å². The normalized spacial score (nSPS) is 17.0. The molecule has 1 saturated heterocycles. The van der Waals surface area contributed by atoms with Crippen LogP contribution in [0.1, 0.15) is 46.1 Å². The number of amides is 1. The minimum atomic E-state index is 0.0686. The number of likely N-dealkylation sites (tertiary alicyclic amines) is 1. The van der Waals surface area contributed by atoms with Gasteiger partial charge in [-0.2, -0.15) is 0 Å². The largest absolute Gasteiger partial charge is 0.490 e. The predicted molar refractivity (Wildman–Crippen MR) is 90.2 cm³/mol. The maximum atomic E-state index is 11.8. The van der Waals surface area contributed by atoms with Crippen LogP contribution in [0.5, 0.6) is 5.75 Å². The smallest absolute Gasteiger partial charge is 0.246 e. The van der Waals surface area contributed by atoms with Crippen molar-refractivity contribution in [2.24, 2.45) is 0 Å². The lowest BCUT2D eigenvalue weighted by Gasteiger charge is -2.33. The van der Waals surface area contributed by atoms with E-state index in [4.69, 9.17) is 4.74 Å². The number of ether oxygens (including phenoxy) is 1. The average molecular weight is 301 g/mol. The van der Waals surface area contributed by atoms with Gasteiger partial charge in [0, 0.05) is 25.9 Å². The molecular weight excluding hydrogens is 274 g/mol. The van der Waals surface area contributed by atoms with Crippen molar-refractivity contribution < 1.29 is 9.53 Å². The summed E-state index contributed by atoms with van der Waals surface area (Å²) in [6, 6.07) is 8.28. The van der Waals surface area contributed by atoms with Gasteiger partial charge in [-0.1, -0.05) is 45.0 Å². The highest BCUT2D eigenvalue weighted by Crippen LogP contribution is 2.32. The highest BCUT2D eigenvalue weighted by Gasteiger charge is 2.25. The van der Waals surface area contributed by atoms with Crippen molar-refractivity contribution in [2.75, 3.05) is 13.1 Å². The van der Waals surface area contributed by atoms with Gasteiger partial charge >= 0.3 is 0 Å². The lowest BCUT2D eigenvalue weighted by molar-refractivity contribution is -0.127. The van der Waals surface area contributed by atoms with E-state index in [1.54, 1.807) is 12.2 Å². The first-order chi connectivity index (χ1) is 10.4. The van der Waals surface area contributed by atoms with Gasteiger partial charge in [-0.3, -0.25) is 4.79 Å². The molecule has 0 N–H and O–H groups in total. The monoisotopic (exact) mass is 301 g/mol. The Labute approximate surface area is 134 Å². The standard InChI is InChI=1S/C19H27NO2/c1-5-8-18(21)20-13-11-15(12-14-20)22-17-10-7-6-9-16(17)19(2,3)4/h5-10,15H,11-14H2,1-4H3/b8-5+. The van der Waals surface area contributed by atoms with E-state index >= 15 is 0 Å². The van der Waals surface area contributed by atoms with Gasteiger partial charge < -0.3 is 9.64 Å². The van der Waals surface area contributed by atoms with Crippen LogP contribution in [0.3, 0.4) is 0 Å². The lowest BCUT2D eigenvalue weighted by Crippen LogP contribution is -2.41. The number of benzene rings is 1. The van der Waals surface area contributed by atoms with Crippen molar-refractivity contribution in [3.8, 4) is 5.75 Å². The summed E-state index contributed by atoms with van der Waals surface area (Å²) >= 11 is 0. The van der Waals surface area contributed by atoms with Gasteiger partial charge in [-0.15, -0.1) is 0 Å². The fourth-order valence-electron chi connectivity index (χ4n) is 2.81. The first kappa shape index (κ1) is 16.6. The van der Waals surface area contributed by atoms with Crippen molar-refractivity contribution in [3.05, 3.63) is 42.0 Å². The number of hydrogen-bond donors (Lipinski definition) is 0. The van der Waals surface area contributed by atoms with Crippen LogP contribution in [-0.4, -0.2) is 30.0 Å². The maximum Gasteiger partial charge on any atom is 0.246 e. The van der Waals surface area contributed by atoms with E-state index < -0.39 is 0 Å². The van der Waals surface area contributed by atoms with Gasteiger partial charge in [0.15, 0.2) is 0 Å². The molecule has 3 nitrogen and oxygen atoms in total. The Morgan fingerprint density at radius 1 is 1.23 bits per heavy atom. The molecule has 22 heavy (non-hydrogen) atoms. The average Bonchev–Trinajstić information content (AvgIpc) is 2.48. The molecule has 0 radical (unpaired) electrons. The van der Waals surface area contributed by atoms with Gasteiger partial charge in [0.25, 0.3) is 0 Å². The number of nitrogens with zero attached hydrogens (tertiary/aromatic N) is 1. The molecule has 0 aromatic heterocycles. The van der Waals surface area contributed by atoms with Crippen LogP contribution in [0.4, 0.5) is 0 Å². The first-order valence-electron chi connectivity index (χ1n) is 8.09. The topological polar surface area (TPSA) is 29.5 Å². The van der Waals surface area contributed by atoms with Gasteiger partial charge in [0.2, 0.25) is 5.91 Å². The zero-order valence-electron chi connectivity index (χ0n) is 14.1. The fraction of sp³-hybridized carbons (Fsp3) is 0.526. The number of allylic oxidation sites excluding steroid dienone is 1. The van der Waals surface area contributed by atoms with Crippen molar-refractivity contribution in [1.29, 1.82) is 0 Å². The number of piperidine rings is 1. The highest BCUT2D eigenvalue weighted by atomic mass is 16.5. The molecule has 0 unspecified atom stereocenters. The van der Waals surface area contributed by atoms with Gasteiger partial charge in [-0.05, 0) is 30.0 Å². The quantitative estimate of drug-likeness (QED) is 0.792. The zero-order valence-corrected chi connectivity index (χ0v) is 14.1. The van der Waals surface area contributed by atoms with Crippen LogP contribution < -0.4 is 4.74 Å². The van der Waals surface area contributed by atoms with Crippen molar-refractivity contribution in [1.82, 2.24) is 4.90 Å². The van der Waals surface area contributed by atoms with E-state index in [1.165, 1.54) is 5.56 Å². The Morgan fingerprint density at radius 3 is 2.45 bits per heavy atom. The Kier molecular flexibility index (Phi) is 5.28. The van der Waals surface area contributed by atoms with Gasteiger partial charge in [0.1, 0.15) is 11.9 Å². The second-order valence-electron chi connectivity index (χ2n) is 6.89. The maximum absolute atomic E-state index is 11.8. The van der Waals surface area contributed by atoms with E-state index in [1.807, 2.05) is 17.9 Å². The molecule has 1 heterocycles. The number of rotatable bonds is 3. The van der Waals surface area contributed by atoms with E-state index in [0.717, 1.165) is 31.7 Å². The van der Waals surface area contributed by atoms with Crippen molar-refractivity contribution in [2.45, 2.75) is 52.1 Å². The second-order valence-corrected chi connectivity index (χ2v) is 6.89. The summed E-state index contributed by atoms with van der Waals surface area (Å²) in [6.07, 6.45) is 5.41. The number of para-hydroxylation sites is 1. The fourth-order valence-corrected chi connectivity index (χ4v) is 2.81. The summed E-state index contributed by atoms with van der Waals surface area (Å²) in [4.78, 5) is 13.7. The Hall–Kier alpha value is -1.77. The molecule has 1 aliphatic rings. The molecule has 1 amide bonds. The highest BCUT2D eigenvalue weighted by molar-refractivity contribution is 5.87. The molecule has 3 heteroatoms. The van der Waals surface area contributed by atoms with E-state index in [2.05, 4.69) is 39.0 Å². The number of carbonyl (C=O) groups excluding carboxylic acids is 1. The molecule has 0 atom stereocenters. The molecule has 1 aromatic rings. The molecule has 0 bridgehead atoms. The third kappa shape index (κ3) is 4.12. The van der Waals surface area contributed by atoms with Crippen LogP contribution in [0.2, 0.25) is 0 Å². The minimum absolute atomic E-state index is 0.0686. The molecule has 0 aliphatic carbocycles. The van der Waals surface area contributed by atoms with Gasteiger partial charge in [0.05, 0.1) is 0 Å². The van der Waals surface area contributed by atoms with Crippen LogP contribution in [-0.2, 0) is 10.2 Å². The predicted octanol–water partition coefficient (Wildman–Crippen LogP) is 3.93. The van der Waals surface area contributed by atoms with Crippen LogP contribution >= 0.6 is 0 Å². The first-order valence-corrected chi connectivity index (χ1v) is 8.09. The van der Waals surface area contributed by atoms with Crippen LogP contribution in [0.15, 0.2) is 36.4 Å². The molecule has 1 fully saturated rings. The summed E-state index contributed by atoms with van der Waals surface area (Å²) in [7, 11) is 0. The molecular formula is C19H27NO2. The molecule has 0 saturated carbocycles. The molecule has 120 valence electrons. The zero-order chi connectivity index (χ0) is 16.2. The molecule has 2 rings (SSSR count). The van der Waals surface area contributed by atoms with E-state index in [0.29, 0.717) is 0 Å². The molecule has 1 aliphatic heterocycles. The number of carbonyl (C=O) groups is 1. The van der Waals surface area contributed by atoms with E-state index in [-0.39, 0.29) is 17.4 Å². The Morgan fingerprint density at radius 2 is 1.86 bits per heavy atom. The molecule has 1 aromatic carbocycles. The minimum Gasteiger partial charge on any atom is -0.490 e. The SMILES string of the molecule is C/C=C/C(=O)N1CCC(Oc2ccccc2C(C)(C)C)CC1. The number of hydrogen-bond acceptors (Lipinski definition) is 2. The molecule has 0 spiro atoms. The summed E-state index contributed by atoms with van der Waals surface area (Å²) < 4.78 is 6.25. The van der Waals surface area contributed by atoms with Crippen LogP contribution in [0, 0.1) is 0 Å². The summed E-state index contributed by atoms with van der Waals surface area (Å²) in [5.41, 5.74) is 1.31. The Balaban J connectivity index is 1.99. The third-order valence-electron chi connectivity index (χ3n) is 4.05. The van der Waals surface area contributed by atoms with Crippen molar-refractivity contribution >= 4 is 5.91 Å². The van der Waals surface area contributed by atoms with Crippen molar-refractivity contribution in [3.63, 3.8) is 0 Å². The Bertz CT molecular complexity index is 535. The lowest BCUT2D eigenvalue weighted by atomic mass is 9.86. The summed E-state index contributed by atoms with van der Waals surface area (Å²) in [5.74, 6) is 1.09. The third-order valence-corrected chi connectivity index (χ3v) is 4.05.